The standard InChI is InChI=1S/C30H50N2O2/c1-21-19-31-17-9-13-23-11-6-4-8-16-26-28-24(14-10-18-32(28)20-22(2)30(26)34)12-5-3-7-15-25(27(23)31)29(21)33/h21-28H,3-20H2,1-2H3/t21-,22+,23-,24+,25+,26-,27+,28-. The summed E-state index contributed by atoms with van der Waals surface area (Å²) in [6.45, 7) is 8.77. The number of hydrogen-bond acceptors (Lipinski definition) is 4. The maximum absolute atomic E-state index is 13.3. The summed E-state index contributed by atoms with van der Waals surface area (Å²) in [6, 6.07) is 1.03. The van der Waals surface area contributed by atoms with Gasteiger partial charge in [-0.1, -0.05) is 52.4 Å². The lowest BCUT2D eigenvalue weighted by Gasteiger charge is -2.50. The van der Waals surface area contributed by atoms with E-state index in [0.29, 0.717) is 35.5 Å². The predicted molar refractivity (Wildman–Crippen MR) is 138 cm³/mol. The lowest BCUT2D eigenvalue weighted by Crippen LogP contribution is -2.58. The third-order valence-electron chi connectivity index (χ3n) is 10.6. The van der Waals surface area contributed by atoms with Gasteiger partial charge in [0.2, 0.25) is 0 Å². The number of nitrogens with zero attached hydrogens (tertiary/aromatic N) is 2. The Morgan fingerprint density at radius 3 is 1.35 bits per heavy atom. The molecule has 4 heteroatoms. The highest BCUT2D eigenvalue weighted by Gasteiger charge is 2.46. The molecular formula is C30H50N2O2. The Kier molecular flexibility index (Phi) is 8.15. The molecule has 0 spiro atoms. The van der Waals surface area contributed by atoms with Crippen LogP contribution in [-0.4, -0.2) is 59.6 Å². The van der Waals surface area contributed by atoms with E-state index in [-0.39, 0.29) is 23.7 Å². The fourth-order valence-electron chi connectivity index (χ4n) is 9.04. The molecule has 5 fully saturated rings. The zero-order valence-corrected chi connectivity index (χ0v) is 22.1. The van der Waals surface area contributed by atoms with E-state index in [1.807, 2.05) is 0 Å². The molecule has 0 N–H and O–H groups in total. The summed E-state index contributed by atoms with van der Waals surface area (Å²) in [6.07, 6.45) is 17.5. The van der Waals surface area contributed by atoms with Crippen molar-refractivity contribution in [2.45, 2.75) is 116 Å². The van der Waals surface area contributed by atoms with E-state index in [9.17, 15) is 9.59 Å². The minimum absolute atomic E-state index is 0.224. The molecule has 1 aliphatic carbocycles. The Balaban J connectivity index is 1.31. The minimum Gasteiger partial charge on any atom is -0.299 e. The number of rotatable bonds is 0. The molecule has 5 aliphatic rings. The summed E-state index contributed by atoms with van der Waals surface area (Å²) >= 11 is 0. The molecule has 0 unspecified atom stereocenters. The molecule has 4 aliphatic heterocycles. The number of piperidine rings is 4. The second-order valence-electron chi connectivity index (χ2n) is 12.9. The third-order valence-corrected chi connectivity index (χ3v) is 10.6. The fraction of sp³-hybridized carbons (Fsp3) is 0.933. The van der Waals surface area contributed by atoms with E-state index in [0.717, 1.165) is 25.9 Å². The average molecular weight is 471 g/mol. The first kappa shape index (κ1) is 24.9. The number of carbonyl (C=O) groups is 2. The first-order valence-corrected chi connectivity index (χ1v) is 15.1. The molecule has 1 saturated carbocycles. The molecular weight excluding hydrogens is 420 g/mol. The van der Waals surface area contributed by atoms with Crippen LogP contribution >= 0.6 is 0 Å². The highest BCUT2D eigenvalue weighted by atomic mass is 16.1. The van der Waals surface area contributed by atoms with Gasteiger partial charge in [-0.3, -0.25) is 19.4 Å². The molecule has 0 aromatic carbocycles. The molecule has 0 aromatic rings. The number of carbonyl (C=O) groups excluding carboxylic acids is 2. The maximum Gasteiger partial charge on any atom is 0.141 e. The van der Waals surface area contributed by atoms with Crippen LogP contribution in [-0.2, 0) is 9.59 Å². The molecule has 0 radical (unpaired) electrons. The van der Waals surface area contributed by atoms with Crippen LogP contribution in [0.25, 0.3) is 0 Å². The van der Waals surface area contributed by atoms with Gasteiger partial charge in [0.25, 0.3) is 0 Å². The zero-order chi connectivity index (χ0) is 23.7. The van der Waals surface area contributed by atoms with E-state index in [2.05, 4.69) is 23.6 Å². The summed E-state index contributed by atoms with van der Waals surface area (Å²) in [5, 5.41) is 0. The maximum atomic E-state index is 13.3. The van der Waals surface area contributed by atoms with E-state index in [1.54, 1.807) is 0 Å². The number of hydrogen-bond donors (Lipinski definition) is 0. The monoisotopic (exact) mass is 470 g/mol. The van der Waals surface area contributed by atoms with Gasteiger partial charge in [0.05, 0.1) is 0 Å². The van der Waals surface area contributed by atoms with E-state index in [4.69, 9.17) is 0 Å². The minimum atomic E-state index is 0.224. The summed E-state index contributed by atoms with van der Waals surface area (Å²) < 4.78 is 0. The Hall–Kier alpha value is -0.740. The van der Waals surface area contributed by atoms with Crippen LogP contribution in [0.1, 0.15) is 104 Å². The Labute approximate surface area is 208 Å². The second-order valence-corrected chi connectivity index (χ2v) is 12.9. The third kappa shape index (κ3) is 5.05. The van der Waals surface area contributed by atoms with Crippen LogP contribution in [0, 0.1) is 35.5 Å². The van der Waals surface area contributed by atoms with E-state index < -0.39 is 0 Å². The van der Waals surface area contributed by atoms with Crippen molar-refractivity contribution in [1.82, 2.24) is 9.80 Å². The molecule has 0 aromatic heterocycles. The van der Waals surface area contributed by atoms with E-state index >= 15 is 0 Å². The van der Waals surface area contributed by atoms with Gasteiger partial charge in [-0.25, -0.2) is 0 Å². The van der Waals surface area contributed by atoms with Crippen LogP contribution < -0.4 is 0 Å². The molecule has 4 saturated heterocycles. The first-order valence-electron chi connectivity index (χ1n) is 15.1. The summed E-state index contributed by atoms with van der Waals surface area (Å²) in [5.74, 6) is 3.59. The van der Waals surface area contributed by atoms with Crippen molar-refractivity contribution in [3.05, 3.63) is 0 Å². The number of Topliss-reactive ketones (excluding diaryl/α,β-unsaturated/α-hetero) is 2. The second kappa shape index (κ2) is 11.1. The smallest absolute Gasteiger partial charge is 0.141 e. The summed E-state index contributed by atoms with van der Waals surface area (Å²) in [7, 11) is 0. The van der Waals surface area contributed by atoms with Crippen LogP contribution in [0.3, 0.4) is 0 Å². The molecule has 192 valence electrons. The van der Waals surface area contributed by atoms with Gasteiger partial charge >= 0.3 is 0 Å². The Morgan fingerprint density at radius 1 is 0.529 bits per heavy atom. The van der Waals surface area contributed by atoms with Gasteiger partial charge < -0.3 is 0 Å². The van der Waals surface area contributed by atoms with Crippen molar-refractivity contribution >= 4 is 11.6 Å². The lowest BCUT2D eigenvalue weighted by molar-refractivity contribution is -0.138. The van der Waals surface area contributed by atoms with Gasteiger partial charge in [0.1, 0.15) is 11.6 Å². The molecule has 34 heavy (non-hydrogen) atoms. The lowest BCUT2D eigenvalue weighted by atomic mass is 9.69. The van der Waals surface area contributed by atoms with Crippen molar-refractivity contribution < 1.29 is 9.59 Å². The molecule has 4 nitrogen and oxygen atoms in total. The van der Waals surface area contributed by atoms with Crippen molar-refractivity contribution in [2.75, 3.05) is 26.2 Å². The quantitative estimate of drug-likeness (QED) is 0.453. The van der Waals surface area contributed by atoms with E-state index in [1.165, 1.54) is 90.1 Å². The van der Waals surface area contributed by atoms with Gasteiger partial charge in [0.15, 0.2) is 0 Å². The van der Waals surface area contributed by atoms with Crippen LogP contribution in [0.5, 0.6) is 0 Å². The fourth-order valence-corrected chi connectivity index (χ4v) is 9.04. The molecule has 8 atom stereocenters. The van der Waals surface area contributed by atoms with Gasteiger partial charge in [-0.15, -0.1) is 0 Å². The van der Waals surface area contributed by atoms with Crippen LogP contribution in [0.2, 0.25) is 0 Å². The Bertz CT molecular complexity index is 663. The first-order chi connectivity index (χ1) is 16.5. The van der Waals surface area contributed by atoms with Gasteiger partial charge in [-0.2, -0.15) is 0 Å². The normalized spacial score (nSPS) is 43.7. The van der Waals surface area contributed by atoms with Crippen LogP contribution in [0.15, 0.2) is 0 Å². The molecule has 4 heterocycles. The van der Waals surface area contributed by atoms with Gasteiger partial charge in [0, 0.05) is 48.8 Å². The summed E-state index contributed by atoms with van der Waals surface area (Å²) in [5.41, 5.74) is 0. The SMILES string of the molecule is C[C@@H]1CN2CCC[C@H]3CCCCC[C@H]4C(=O)[C@@H](C)CN5CCC[C@H](CCCCC[C@H](C1=O)[C@H]32)[C@H]45. The highest BCUT2D eigenvalue weighted by molar-refractivity contribution is 5.85. The van der Waals surface area contributed by atoms with Crippen molar-refractivity contribution in [3.8, 4) is 0 Å². The van der Waals surface area contributed by atoms with Crippen molar-refractivity contribution in [2.24, 2.45) is 35.5 Å². The van der Waals surface area contributed by atoms with Gasteiger partial charge in [-0.05, 0) is 76.3 Å². The zero-order valence-electron chi connectivity index (χ0n) is 22.1. The average Bonchev–Trinajstić information content (AvgIpc) is 2.82. The highest BCUT2D eigenvalue weighted by Crippen LogP contribution is 2.42. The Morgan fingerprint density at radius 2 is 0.912 bits per heavy atom. The van der Waals surface area contributed by atoms with Crippen molar-refractivity contribution in [1.29, 1.82) is 0 Å². The number of ketones is 2. The largest absolute Gasteiger partial charge is 0.299 e. The summed E-state index contributed by atoms with van der Waals surface area (Å²) in [4.78, 5) is 32.1. The van der Waals surface area contributed by atoms with Crippen molar-refractivity contribution in [3.63, 3.8) is 0 Å². The molecule has 0 bridgehead atoms. The topological polar surface area (TPSA) is 40.6 Å². The molecule has 5 rings (SSSR count). The van der Waals surface area contributed by atoms with Crippen LogP contribution in [0.4, 0.5) is 0 Å². The molecule has 0 amide bonds. The predicted octanol–water partition coefficient (Wildman–Crippen LogP) is 5.73.